The van der Waals surface area contributed by atoms with E-state index >= 15 is 0 Å². The fourth-order valence-corrected chi connectivity index (χ4v) is 4.97. The zero-order chi connectivity index (χ0) is 15.9. The first kappa shape index (κ1) is 17.2. The monoisotopic (exact) mass is 297 g/mol. The molecule has 124 valence electrons. The number of ether oxygens (including phenoxy) is 1. The van der Waals surface area contributed by atoms with Crippen LogP contribution >= 0.6 is 0 Å². The van der Waals surface area contributed by atoms with Crippen LogP contribution in [0.3, 0.4) is 0 Å². The molecule has 1 aliphatic heterocycles. The summed E-state index contributed by atoms with van der Waals surface area (Å²) in [5, 5.41) is 0. The van der Waals surface area contributed by atoms with Crippen molar-refractivity contribution in [2.75, 3.05) is 14.1 Å². The molecule has 2 atom stereocenters. The van der Waals surface area contributed by atoms with E-state index in [1.165, 1.54) is 32.1 Å². The second kappa shape index (κ2) is 5.80. The lowest BCUT2D eigenvalue weighted by Gasteiger charge is -2.52. The van der Waals surface area contributed by atoms with E-state index in [1.54, 1.807) is 0 Å². The predicted octanol–water partition coefficient (Wildman–Crippen LogP) is 2.68. The Labute approximate surface area is 130 Å². The van der Waals surface area contributed by atoms with Gasteiger partial charge in [0.15, 0.2) is 0 Å². The number of hydrazine groups is 1. The van der Waals surface area contributed by atoms with Gasteiger partial charge in [-0.1, -0.05) is 19.3 Å². The van der Waals surface area contributed by atoms with Crippen molar-refractivity contribution < 1.29 is 4.74 Å². The van der Waals surface area contributed by atoms with Gasteiger partial charge in [-0.05, 0) is 61.1 Å². The Kier molecular flexibility index (Phi) is 4.75. The van der Waals surface area contributed by atoms with Gasteiger partial charge in [-0.15, -0.1) is 0 Å². The molecule has 2 unspecified atom stereocenters. The summed E-state index contributed by atoms with van der Waals surface area (Å²) in [6.07, 6.45) is 7.46. The van der Waals surface area contributed by atoms with Crippen LogP contribution in [-0.4, -0.2) is 41.8 Å². The fraction of sp³-hybridized carbons (Fsp3) is 1.00. The molecule has 1 saturated carbocycles. The highest BCUT2D eigenvalue weighted by molar-refractivity contribution is 5.09. The number of likely N-dealkylation sites (N-methyl/N-ethyl adjacent to an activating group) is 1. The molecule has 1 heterocycles. The molecule has 0 aromatic heterocycles. The highest BCUT2D eigenvalue weighted by Gasteiger charge is 2.55. The number of nitrogens with two attached hydrogens (primary N) is 1. The van der Waals surface area contributed by atoms with Crippen molar-refractivity contribution in [3.63, 3.8) is 0 Å². The number of nitrogens with zero attached hydrogens (tertiary/aromatic N) is 1. The van der Waals surface area contributed by atoms with Crippen LogP contribution in [0.5, 0.6) is 0 Å². The van der Waals surface area contributed by atoms with Crippen LogP contribution in [-0.2, 0) is 4.74 Å². The van der Waals surface area contributed by atoms with Crippen molar-refractivity contribution in [3.8, 4) is 0 Å². The van der Waals surface area contributed by atoms with Crippen LogP contribution in [0.25, 0.3) is 0 Å². The average Bonchev–Trinajstić information content (AvgIpc) is 2.59. The van der Waals surface area contributed by atoms with Crippen LogP contribution in [0.2, 0.25) is 0 Å². The smallest absolute Gasteiger partial charge is 0.0678 e. The molecule has 0 aromatic rings. The van der Waals surface area contributed by atoms with Crippen LogP contribution in [0, 0.1) is 5.92 Å². The zero-order valence-corrected chi connectivity index (χ0v) is 14.8. The van der Waals surface area contributed by atoms with Crippen LogP contribution in [0.4, 0.5) is 0 Å². The summed E-state index contributed by atoms with van der Waals surface area (Å²) in [4.78, 5) is 2.41. The van der Waals surface area contributed by atoms with E-state index in [-0.39, 0.29) is 22.8 Å². The fourth-order valence-electron chi connectivity index (χ4n) is 4.97. The number of hydrogen-bond acceptors (Lipinski definition) is 4. The minimum absolute atomic E-state index is 0.0641. The van der Waals surface area contributed by atoms with Crippen molar-refractivity contribution in [1.82, 2.24) is 10.3 Å². The Hall–Kier alpha value is -0.160. The van der Waals surface area contributed by atoms with E-state index in [0.29, 0.717) is 5.92 Å². The summed E-state index contributed by atoms with van der Waals surface area (Å²) in [6, 6.07) is 0.268. The molecule has 3 N–H and O–H groups in total. The van der Waals surface area contributed by atoms with Gasteiger partial charge in [0.2, 0.25) is 0 Å². The van der Waals surface area contributed by atoms with Gasteiger partial charge < -0.3 is 9.64 Å². The molecule has 2 fully saturated rings. The summed E-state index contributed by atoms with van der Waals surface area (Å²) in [7, 11) is 4.42. The third kappa shape index (κ3) is 3.14. The third-order valence-electron chi connectivity index (χ3n) is 5.91. The lowest BCUT2D eigenvalue weighted by molar-refractivity contribution is -0.0870. The summed E-state index contributed by atoms with van der Waals surface area (Å²) in [6.45, 7) is 8.85. The molecular formula is C17H35N3O. The molecule has 2 rings (SSSR count). The first-order chi connectivity index (χ1) is 9.65. The van der Waals surface area contributed by atoms with E-state index in [9.17, 15) is 0 Å². The van der Waals surface area contributed by atoms with Gasteiger partial charge in [0.25, 0.3) is 0 Å². The van der Waals surface area contributed by atoms with Crippen LogP contribution in [0.15, 0.2) is 0 Å². The molecule has 4 nitrogen and oxygen atoms in total. The Bertz CT molecular complexity index is 359. The summed E-state index contributed by atoms with van der Waals surface area (Å²) >= 11 is 0. The van der Waals surface area contributed by atoms with E-state index in [4.69, 9.17) is 10.6 Å². The van der Waals surface area contributed by atoms with E-state index in [1.807, 2.05) is 0 Å². The van der Waals surface area contributed by atoms with Gasteiger partial charge in [-0.2, -0.15) is 0 Å². The van der Waals surface area contributed by atoms with E-state index in [0.717, 1.165) is 6.42 Å². The lowest BCUT2D eigenvalue weighted by atomic mass is 9.67. The Balaban J connectivity index is 2.33. The molecule has 0 amide bonds. The van der Waals surface area contributed by atoms with E-state index in [2.05, 4.69) is 52.1 Å². The summed E-state index contributed by atoms with van der Waals surface area (Å²) in [5.41, 5.74) is 3.16. The average molecular weight is 297 g/mol. The van der Waals surface area contributed by atoms with Crippen LogP contribution < -0.4 is 11.3 Å². The molecule has 21 heavy (non-hydrogen) atoms. The van der Waals surface area contributed by atoms with Gasteiger partial charge >= 0.3 is 0 Å². The van der Waals surface area contributed by atoms with Gasteiger partial charge in [0.1, 0.15) is 0 Å². The maximum Gasteiger partial charge on any atom is 0.0678 e. The Morgan fingerprint density at radius 3 is 2.05 bits per heavy atom. The summed E-state index contributed by atoms with van der Waals surface area (Å²) in [5.74, 6) is 6.51. The van der Waals surface area contributed by atoms with Crippen LogP contribution in [0.1, 0.15) is 66.2 Å². The second-order valence-electron chi connectivity index (χ2n) is 8.48. The maximum absolute atomic E-state index is 6.33. The topological polar surface area (TPSA) is 50.5 Å². The maximum atomic E-state index is 6.33. The summed E-state index contributed by atoms with van der Waals surface area (Å²) < 4.78 is 6.33. The van der Waals surface area contributed by atoms with Crippen molar-refractivity contribution >= 4 is 0 Å². The lowest BCUT2D eigenvalue weighted by Crippen LogP contribution is -2.66. The number of rotatable bonds is 4. The molecule has 0 radical (unpaired) electrons. The molecule has 2 aliphatic rings. The number of hydrogen-bond donors (Lipinski definition) is 2. The molecule has 0 aromatic carbocycles. The first-order valence-electron chi connectivity index (χ1n) is 8.48. The number of nitrogens with one attached hydrogen (secondary N) is 1. The SMILES string of the molecule is CN(C)C1(C(NN)C2CC(C)(C)OC2(C)C)CCCCC1. The van der Waals surface area contributed by atoms with Gasteiger partial charge in [0.05, 0.1) is 11.2 Å². The largest absolute Gasteiger partial charge is 0.369 e. The minimum atomic E-state index is -0.138. The quantitative estimate of drug-likeness (QED) is 0.619. The highest BCUT2D eigenvalue weighted by atomic mass is 16.5. The molecule has 4 heteroatoms. The zero-order valence-electron chi connectivity index (χ0n) is 14.8. The van der Waals surface area contributed by atoms with Crippen molar-refractivity contribution in [1.29, 1.82) is 0 Å². The van der Waals surface area contributed by atoms with Crippen molar-refractivity contribution in [2.24, 2.45) is 11.8 Å². The highest BCUT2D eigenvalue weighted by Crippen LogP contribution is 2.48. The minimum Gasteiger partial charge on any atom is -0.369 e. The molecular weight excluding hydrogens is 262 g/mol. The normalized spacial score (nSPS) is 32.3. The van der Waals surface area contributed by atoms with Crippen molar-refractivity contribution in [2.45, 2.75) is 89.0 Å². The van der Waals surface area contributed by atoms with Gasteiger partial charge in [-0.25, -0.2) is 0 Å². The predicted molar refractivity (Wildman–Crippen MR) is 88.0 cm³/mol. The Morgan fingerprint density at radius 2 is 1.67 bits per heavy atom. The first-order valence-corrected chi connectivity index (χ1v) is 8.48. The van der Waals surface area contributed by atoms with Gasteiger partial charge in [-0.3, -0.25) is 11.3 Å². The molecule has 1 saturated heterocycles. The third-order valence-corrected chi connectivity index (χ3v) is 5.91. The van der Waals surface area contributed by atoms with Crippen molar-refractivity contribution in [3.05, 3.63) is 0 Å². The standard InChI is InChI=1S/C17H35N3O/c1-15(2)12-13(16(3,4)21-15)14(19-18)17(20(5)6)10-8-7-9-11-17/h13-14,19H,7-12,18H2,1-6H3. The molecule has 0 spiro atoms. The van der Waals surface area contributed by atoms with Gasteiger partial charge in [0, 0.05) is 17.5 Å². The Morgan fingerprint density at radius 1 is 1.10 bits per heavy atom. The van der Waals surface area contributed by atoms with E-state index < -0.39 is 0 Å². The molecule has 1 aliphatic carbocycles. The molecule has 0 bridgehead atoms. The second-order valence-corrected chi connectivity index (χ2v) is 8.48.